The molecule has 1 fully saturated rings. The molecular weight excluding hydrogens is 190 g/mol. The topological polar surface area (TPSA) is 30.5 Å². The second-order valence-corrected chi connectivity index (χ2v) is 4.53. The quantitative estimate of drug-likeness (QED) is 0.564. The third kappa shape index (κ3) is 5.50. The van der Waals surface area contributed by atoms with E-state index in [1.165, 1.54) is 19.3 Å². The first-order chi connectivity index (χ1) is 7.33. The van der Waals surface area contributed by atoms with Gasteiger partial charge in [-0.15, -0.1) is 0 Å². The van der Waals surface area contributed by atoms with Crippen molar-refractivity contribution >= 4 is 0 Å². The maximum absolute atomic E-state index is 5.53. The molecule has 1 aliphatic rings. The van der Waals surface area contributed by atoms with Crippen LogP contribution in [0.4, 0.5) is 0 Å². The van der Waals surface area contributed by atoms with E-state index in [1.807, 2.05) is 0 Å². The molecule has 0 radical (unpaired) electrons. The summed E-state index contributed by atoms with van der Waals surface area (Å²) in [5.74, 6) is 0. The lowest BCUT2D eigenvalue weighted by Crippen LogP contribution is -2.27. The first-order valence-electron chi connectivity index (χ1n) is 6.10. The monoisotopic (exact) mass is 215 g/mol. The lowest BCUT2D eigenvalue weighted by atomic mass is 10.0. The summed E-state index contributed by atoms with van der Waals surface area (Å²) >= 11 is 0. The number of hydrogen-bond acceptors (Lipinski definition) is 3. The van der Waals surface area contributed by atoms with Crippen LogP contribution in [0.15, 0.2) is 0 Å². The molecule has 0 aromatic rings. The minimum absolute atomic E-state index is 0.557. The maximum atomic E-state index is 5.53. The molecule has 1 N–H and O–H groups in total. The smallest absolute Gasteiger partial charge is 0.0587 e. The molecule has 1 rings (SSSR count). The fraction of sp³-hybridized carbons (Fsp3) is 1.00. The van der Waals surface area contributed by atoms with E-state index in [4.69, 9.17) is 9.47 Å². The number of nitrogens with one attached hydrogen (secondary N) is 1. The molecule has 0 saturated heterocycles. The molecular formula is C12H25NO2. The third-order valence-corrected chi connectivity index (χ3v) is 3.07. The fourth-order valence-corrected chi connectivity index (χ4v) is 1.75. The molecule has 0 aromatic carbocycles. The zero-order valence-electron chi connectivity index (χ0n) is 10.2. The van der Waals surface area contributed by atoms with Gasteiger partial charge in [-0.25, -0.2) is 0 Å². The fourth-order valence-electron chi connectivity index (χ4n) is 1.75. The van der Waals surface area contributed by atoms with Crippen LogP contribution >= 0.6 is 0 Å². The summed E-state index contributed by atoms with van der Waals surface area (Å²) in [5, 5.41) is 3.45. The average molecular weight is 215 g/mol. The Morgan fingerprint density at radius 3 is 2.60 bits per heavy atom. The number of rotatable bonds is 10. The van der Waals surface area contributed by atoms with Crippen LogP contribution in [0.5, 0.6) is 0 Å². The summed E-state index contributed by atoms with van der Waals surface area (Å²) in [4.78, 5) is 0. The second kappa shape index (κ2) is 7.20. The molecule has 0 heterocycles. The van der Waals surface area contributed by atoms with Crippen molar-refractivity contribution in [1.29, 1.82) is 0 Å². The molecule has 0 bridgehead atoms. The summed E-state index contributed by atoms with van der Waals surface area (Å²) in [6.45, 7) is 6.90. The van der Waals surface area contributed by atoms with Crippen molar-refractivity contribution in [2.45, 2.75) is 32.6 Å². The summed E-state index contributed by atoms with van der Waals surface area (Å²) in [6, 6.07) is 0. The Kier molecular flexibility index (Phi) is 6.22. The molecule has 1 aliphatic carbocycles. The molecule has 0 unspecified atom stereocenters. The highest BCUT2D eigenvalue weighted by atomic mass is 16.5. The second-order valence-electron chi connectivity index (χ2n) is 4.53. The summed E-state index contributed by atoms with van der Waals surface area (Å²) in [7, 11) is 1.74. The van der Waals surface area contributed by atoms with Gasteiger partial charge in [-0.05, 0) is 31.1 Å². The van der Waals surface area contributed by atoms with E-state index in [9.17, 15) is 0 Å². The summed E-state index contributed by atoms with van der Waals surface area (Å²) in [5.41, 5.74) is 0.557. The molecule has 3 heteroatoms. The standard InChI is InChI=1S/C12H25NO2/c1-3-8-15-9-6-12(4-5-12)11-13-7-10-14-2/h13H,3-11H2,1-2H3. The van der Waals surface area contributed by atoms with E-state index in [1.54, 1.807) is 7.11 Å². The zero-order valence-corrected chi connectivity index (χ0v) is 10.2. The van der Waals surface area contributed by atoms with Crippen molar-refractivity contribution in [3.8, 4) is 0 Å². The Hall–Kier alpha value is -0.120. The highest BCUT2D eigenvalue weighted by Crippen LogP contribution is 2.48. The Labute approximate surface area is 93.5 Å². The highest BCUT2D eigenvalue weighted by molar-refractivity contribution is 4.94. The van der Waals surface area contributed by atoms with Gasteiger partial charge in [0, 0.05) is 33.4 Å². The maximum Gasteiger partial charge on any atom is 0.0587 e. The Morgan fingerprint density at radius 2 is 2.00 bits per heavy atom. The van der Waals surface area contributed by atoms with Gasteiger partial charge in [0.1, 0.15) is 0 Å². The predicted octanol–water partition coefficient (Wildman–Crippen LogP) is 1.82. The molecule has 15 heavy (non-hydrogen) atoms. The Bertz CT molecular complexity index is 144. The molecule has 0 aliphatic heterocycles. The number of methoxy groups -OCH3 is 1. The predicted molar refractivity (Wildman–Crippen MR) is 62.1 cm³/mol. The summed E-state index contributed by atoms with van der Waals surface area (Å²) in [6.07, 6.45) is 5.07. The lowest BCUT2D eigenvalue weighted by molar-refractivity contribution is 0.116. The number of ether oxygens (including phenoxy) is 2. The molecule has 3 nitrogen and oxygen atoms in total. The normalized spacial score (nSPS) is 18.0. The van der Waals surface area contributed by atoms with Gasteiger partial charge >= 0.3 is 0 Å². The first kappa shape index (κ1) is 12.9. The van der Waals surface area contributed by atoms with E-state index < -0.39 is 0 Å². The van der Waals surface area contributed by atoms with Crippen LogP contribution in [0.2, 0.25) is 0 Å². The Morgan fingerprint density at radius 1 is 1.20 bits per heavy atom. The molecule has 0 amide bonds. The lowest BCUT2D eigenvalue weighted by Gasteiger charge is -2.15. The van der Waals surface area contributed by atoms with Crippen LogP contribution in [0.25, 0.3) is 0 Å². The van der Waals surface area contributed by atoms with Gasteiger partial charge in [-0.2, -0.15) is 0 Å². The zero-order chi connectivity index (χ0) is 11.0. The largest absolute Gasteiger partial charge is 0.383 e. The van der Waals surface area contributed by atoms with Crippen molar-refractivity contribution in [3.05, 3.63) is 0 Å². The molecule has 0 aromatic heterocycles. The first-order valence-corrected chi connectivity index (χ1v) is 6.10. The van der Waals surface area contributed by atoms with Crippen molar-refractivity contribution < 1.29 is 9.47 Å². The van der Waals surface area contributed by atoms with Gasteiger partial charge in [0.05, 0.1) is 6.61 Å². The van der Waals surface area contributed by atoms with Crippen LogP contribution in [0, 0.1) is 5.41 Å². The minimum Gasteiger partial charge on any atom is -0.383 e. The van der Waals surface area contributed by atoms with Crippen LogP contribution in [-0.2, 0) is 9.47 Å². The summed E-state index contributed by atoms with van der Waals surface area (Å²) < 4.78 is 10.5. The van der Waals surface area contributed by atoms with Gasteiger partial charge in [0.15, 0.2) is 0 Å². The minimum atomic E-state index is 0.557. The van der Waals surface area contributed by atoms with Crippen LogP contribution in [-0.4, -0.2) is 40.0 Å². The molecule has 1 saturated carbocycles. The Balaban J connectivity index is 1.96. The van der Waals surface area contributed by atoms with E-state index in [2.05, 4.69) is 12.2 Å². The molecule has 90 valence electrons. The highest BCUT2D eigenvalue weighted by Gasteiger charge is 2.41. The van der Waals surface area contributed by atoms with E-state index in [0.717, 1.165) is 39.3 Å². The van der Waals surface area contributed by atoms with Crippen molar-refractivity contribution in [3.63, 3.8) is 0 Å². The SMILES string of the molecule is CCCOCCC1(CNCCOC)CC1. The van der Waals surface area contributed by atoms with E-state index in [0.29, 0.717) is 5.41 Å². The van der Waals surface area contributed by atoms with Crippen molar-refractivity contribution in [2.24, 2.45) is 5.41 Å². The van der Waals surface area contributed by atoms with Gasteiger partial charge in [-0.3, -0.25) is 0 Å². The van der Waals surface area contributed by atoms with Crippen molar-refractivity contribution in [1.82, 2.24) is 5.32 Å². The van der Waals surface area contributed by atoms with Crippen molar-refractivity contribution in [2.75, 3.05) is 40.0 Å². The molecule has 0 atom stereocenters. The average Bonchev–Trinajstić information content (AvgIpc) is 3.01. The van der Waals surface area contributed by atoms with Gasteiger partial charge in [0.2, 0.25) is 0 Å². The van der Waals surface area contributed by atoms with Gasteiger partial charge < -0.3 is 14.8 Å². The number of hydrogen-bond donors (Lipinski definition) is 1. The van der Waals surface area contributed by atoms with Crippen LogP contribution in [0.3, 0.4) is 0 Å². The van der Waals surface area contributed by atoms with Gasteiger partial charge in [0.25, 0.3) is 0 Å². The van der Waals surface area contributed by atoms with Gasteiger partial charge in [-0.1, -0.05) is 6.92 Å². The molecule has 0 spiro atoms. The van der Waals surface area contributed by atoms with Crippen LogP contribution in [0.1, 0.15) is 32.6 Å². The van der Waals surface area contributed by atoms with E-state index in [-0.39, 0.29) is 0 Å². The third-order valence-electron chi connectivity index (χ3n) is 3.07. The van der Waals surface area contributed by atoms with Crippen LogP contribution < -0.4 is 5.32 Å². The van der Waals surface area contributed by atoms with E-state index >= 15 is 0 Å².